The van der Waals surface area contributed by atoms with Gasteiger partial charge in [-0.05, 0) is 0 Å². The third-order valence-electron chi connectivity index (χ3n) is 0. The Hall–Kier alpha value is 1.60. The Morgan fingerprint density at radius 2 is 1.20 bits per heavy atom. The topological polar surface area (TPSA) is 17.1 Å². The molecule has 0 aromatic heterocycles. The Kier molecular flexibility index (Phi) is 2.70. The number of hydrogen-bond donors (Lipinski definition) is 0. The molecule has 0 aromatic rings. The van der Waals surface area contributed by atoms with Gasteiger partial charge in [0, 0.05) is 0 Å². The molecule has 0 aliphatic heterocycles. The molecule has 0 aliphatic carbocycles. The van der Waals surface area contributed by atoms with Crippen molar-refractivity contribution in [3.8, 4) is 0 Å². The van der Waals surface area contributed by atoms with E-state index in [1.807, 2.05) is 0 Å². The van der Waals surface area contributed by atoms with Crippen LogP contribution in [0, 0.1) is 0 Å². The van der Waals surface area contributed by atoms with Gasteiger partial charge in [-0.3, -0.25) is 0 Å². The third kappa shape index (κ3) is 28.4. The summed E-state index contributed by atoms with van der Waals surface area (Å²) in [5.41, 5.74) is 0. The zero-order valence-corrected chi connectivity index (χ0v) is 5.81. The standard InChI is InChI=1S/Co.O.3P. The Morgan fingerprint density at radius 3 is 1.20 bits per heavy atom. The van der Waals surface area contributed by atoms with E-state index in [9.17, 15) is 3.87 Å². The second-order valence-electron chi connectivity index (χ2n) is 0.383. The second-order valence-corrected chi connectivity index (χ2v) is 9.68. The Bertz CT molecular complexity index is 411. The average molecular weight is 168 g/mol. The predicted octanol–water partition coefficient (Wildman–Crippen LogP) is 2.46. The fraction of sp³-hybridized carbons (Fsp3) is 0. The molecular formula is CoOP3. The van der Waals surface area contributed by atoms with E-state index in [0.717, 1.165) is 0 Å². The monoisotopic (exact) mass is 168 g/mol. The molecule has 30 valence electrons. The predicted molar refractivity (Wildman–Crippen MR) is 21.4 cm³/mol. The molecule has 0 radical (unpaired) electrons. The van der Waals surface area contributed by atoms with Gasteiger partial charge in [0.25, 0.3) is 0 Å². The van der Waals surface area contributed by atoms with E-state index >= 15 is 0 Å². The van der Waals surface area contributed by atoms with Crippen molar-refractivity contribution < 1.29 is 13.0 Å². The van der Waals surface area contributed by atoms with Crippen LogP contribution >= 0.6 is 22.0 Å². The van der Waals surface area contributed by atoms with Crippen LogP contribution in [-0.4, -0.2) is 0 Å². The maximum atomic E-state index is 9.81. The molecule has 1 nitrogen and oxygen atoms in total. The van der Waals surface area contributed by atoms with Crippen molar-refractivity contribution in [2.45, 2.75) is 0 Å². The molecule has 0 aliphatic rings. The minimum absolute atomic E-state index is 2.54. The summed E-state index contributed by atoms with van der Waals surface area (Å²) < 4.78 is 9.81. The molecule has 0 spiro atoms. The zero-order valence-electron chi connectivity index (χ0n) is 2.08. The Labute approximate surface area is 35.5 Å². The molecule has 0 unspecified atom stereocenters. The van der Waals surface area contributed by atoms with E-state index in [4.69, 9.17) is 0 Å². The van der Waals surface area contributed by atoms with Gasteiger partial charge in [-0.1, -0.05) is 0 Å². The molecule has 0 saturated heterocycles. The average Bonchev–Trinajstić information content (AvgIpc) is 0.722. The van der Waals surface area contributed by atoms with Crippen LogP contribution in [0.1, 0.15) is 0 Å². The quantitative estimate of drug-likeness (QED) is 0.507. The van der Waals surface area contributed by atoms with Crippen LogP contribution in [-0.2, 0) is 13.0 Å². The molecule has 0 amide bonds. The van der Waals surface area contributed by atoms with E-state index < -0.39 is 9.18 Å². The Balaban J connectivity index is 8.08. The number of hydrogen-bond acceptors (Lipinski definition) is 1. The molecular weight excluding hydrogens is 168 g/mol. The SMILES string of the molecule is [O]=[Co](#[P])(#[P])#[P]. The molecule has 0 rings (SSSR count). The van der Waals surface area contributed by atoms with Gasteiger partial charge in [-0.15, -0.1) is 0 Å². The van der Waals surface area contributed by atoms with Gasteiger partial charge in [0.05, 0.1) is 0 Å². The minimum atomic E-state index is -2.54. The first-order valence-electron chi connectivity index (χ1n) is 0.583. The van der Waals surface area contributed by atoms with Crippen molar-refractivity contribution in [3.05, 3.63) is 0 Å². The van der Waals surface area contributed by atoms with Crippen LogP contribution in [0.4, 0.5) is 0 Å². The summed E-state index contributed by atoms with van der Waals surface area (Å²) in [5.74, 6) is 0. The summed E-state index contributed by atoms with van der Waals surface area (Å²) in [6.07, 6.45) is 0. The first kappa shape index (κ1) is 6.60. The van der Waals surface area contributed by atoms with Crippen molar-refractivity contribution in [3.63, 3.8) is 0 Å². The van der Waals surface area contributed by atoms with Crippen molar-refractivity contribution in [2.24, 2.45) is 0 Å². The van der Waals surface area contributed by atoms with Crippen molar-refractivity contribution in [1.29, 1.82) is 0 Å². The third-order valence-corrected chi connectivity index (χ3v) is 0. The summed E-state index contributed by atoms with van der Waals surface area (Å²) >= 11 is 0. The molecule has 0 aromatic carbocycles. The van der Waals surface area contributed by atoms with Crippen LogP contribution in [0.3, 0.4) is 0 Å². The molecule has 5 heavy (non-hydrogen) atoms. The van der Waals surface area contributed by atoms with Crippen LogP contribution in [0.15, 0.2) is 0 Å². The van der Waals surface area contributed by atoms with E-state index in [0.29, 0.717) is 0 Å². The molecule has 0 atom stereocenters. The first-order chi connectivity index (χ1) is 2.00. The molecule has 0 saturated carbocycles. The summed E-state index contributed by atoms with van der Waals surface area (Å²) in [7, 11) is 7.67. The van der Waals surface area contributed by atoms with Gasteiger partial charge < -0.3 is 0 Å². The molecule has 0 heterocycles. The van der Waals surface area contributed by atoms with Crippen LogP contribution in [0.2, 0.25) is 0 Å². The van der Waals surface area contributed by atoms with Crippen molar-refractivity contribution in [1.82, 2.24) is 0 Å². The van der Waals surface area contributed by atoms with E-state index in [1.54, 1.807) is 0 Å². The second kappa shape index (κ2) is 2.05. The van der Waals surface area contributed by atoms with Gasteiger partial charge in [0.1, 0.15) is 0 Å². The van der Waals surface area contributed by atoms with Crippen molar-refractivity contribution in [2.75, 3.05) is 0 Å². The normalized spacial score (nSPS) is 7.40. The maximum absolute atomic E-state index is 9.81. The van der Waals surface area contributed by atoms with E-state index in [1.165, 1.54) is 0 Å². The number of rotatable bonds is 0. The molecule has 0 fully saturated rings. The molecule has 5 heteroatoms. The van der Waals surface area contributed by atoms with Gasteiger partial charge >= 0.3 is 35.0 Å². The fourth-order valence-corrected chi connectivity index (χ4v) is 0. The summed E-state index contributed by atoms with van der Waals surface area (Å²) in [6, 6.07) is 0. The molecule has 0 N–H and O–H groups in total. The van der Waals surface area contributed by atoms with Gasteiger partial charge in [-0.25, -0.2) is 0 Å². The summed E-state index contributed by atoms with van der Waals surface area (Å²) in [4.78, 5) is 0. The van der Waals surface area contributed by atoms with Gasteiger partial charge in [0.2, 0.25) is 0 Å². The van der Waals surface area contributed by atoms with Crippen LogP contribution in [0.25, 0.3) is 0 Å². The summed E-state index contributed by atoms with van der Waals surface area (Å²) in [5, 5.41) is 0. The van der Waals surface area contributed by atoms with E-state index in [2.05, 4.69) is 22.0 Å². The zero-order chi connectivity index (χ0) is 4.50. The fourth-order valence-electron chi connectivity index (χ4n) is 0. The van der Waals surface area contributed by atoms with Gasteiger partial charge in [-0.2, -0.15) is 0 Å². The van der Waals surface area contributed by atoms with Crippen LogP contribution in [0.5, 0.6) is 0 Å². The first-order valence-corrected chi connectivity index (χ1v) is 6.09. The Morgan fingerprint density at radius 1 is 1.20 bits per heavy atom. The van der Waals surface area contributed by atoms with Crippen LogP contribution < -0.4 is 0 Å². The van der Waals surface area contributed by atoms with E-state index in [-0.39, 0.29) is 0 Å². The molecule has 0 bridgehead atoms. The van der Waals surface area contributed by atoms with Gasteiger partial charge in [0.15, 0.2) is 0 Å². The summed E-state index contributed by atoms with van der Waals surface area (Å²) in [6.45, 7) is 0. The van der Waals surface area contributed by atoms with Crippen molar-refractivity contribution >= 4 is 22.0 Å².